The van der Waals surface area contributed by atoms with Crippen molar-refractivity contribution in [3.63, 3.8) is 0 Å². The first-order valence-electron chi connectivity index (χ1n) is 12.9. The lowest BCUT2D eigenvalue weighted by Crippen LogP contribution is -2.30. The molecule has 0 bridgehead atoms. The van der Waals surface area contributed by atoms with E-state index in [1.54, 1.807) is 7.11 Å². The number of imidazole rings is 2. The number of rotatable bonds is 19. The normalized spacial score (nSPS) is 12.7. The minimum atomic E-state index is -1.09. The highest BCUT2D eigenvalue weighted by atomic mass is 28.3. The lowest BCUT2D eigenvalue weighted by Gasteiger charge is -2.20. The molecule has 0 aromatic carbocycles. The van der Waals surface area contributed by atoms with Gasteiger partial charge in [-0.3, -0.25) is 0 Å². The lowest BCUT2D eigenvalue weighted by atomic mass is 10.00. The minimum absolute atomic E-state index is 0.345. The minimum Gasteiger partial charge on any atom is -0.383 e. The molecule has 0 saturated carbocycles. The molecule has 2 aromatic heterocycles. The highest BCUT2D eigenvalue weighted by molar-refractivity contribution is 6.76. The van der Waals surface area contributed by atoms with Gasteiger partial charge >= 0.3 is 0 Å². The van der Waals surface area contributed by atoms with E-state index in [9.17, 15) is 0 Å². The second-order valence-electron chi connectivity index (χ2n) is 11.8. The van der Waals surface area contributed by atoms with Crippen LogP contribution in [0.2, 0.25) is 51.4 Å². The number of methoxy groups -OCH3 is 1. The van der Waals surface area contributed by atoms with Gasteiger partial charge in [-0.2, -0.15) is 0 Å². The molecular formula is C25H49N5O3Si2. The van der Waals surface area contributed by atoms with Gasteiger partial charge in [0.25, 0.3) is 0 Å². The summed E-state index contributed by atoms with van der Waals surface area (Å²) >= 11 is 0. The fraction of sp³-hybridized carbons (Fsp3) is 0.760. The predicted octanol–water partition coefficient (Wildman–Crippen LogP) is 4.34. The van der Waals surface area contributed by atoms with Gasteiger partial charge in [0.2, 0.25) is 0 Å². The largest absolute Gasteiger partial charge is 0.383 e. The molecule has 0 aliphatic heterocycles. The van der Waals surface area contributed by atoms with Gasteiger partial charge in [-0.15, -0.1) is 0 Å². The van der Waals surface area contributed by atoms with Gasteiger partial charge in [-0.25, -0.2) is 9.97 Å². The quantitative estimate of drug-likeness (QED) is 0.218. The summed E-state index contributed by atoms with van der Waals surface area (Å²) in [5.41, 5.74) is 0. The Bertz CT molecular complexity index is 767. The summed E-state index contributed by atoms with van der Waals surface area (Å²) in [4.78, 5) is 9.31. The summed E-state index contributed by atoms with van der Waals surface area (Å²) in [6.07, 6.45) is 9.50. The van der Waals surface area contributed by atoms with Crippen molar-refractivity contribution in [2.24, 2.45) is 5.92 Å². The number of hydrogen-bond acceptors (Lipinski definition) is 6. The predicted molar refractivity (Wildman–Crippen MR) is 148 cm³/mol. The molecule has 2 rings (SSSR count). The van der Waals surface area contributed by atoms with E-state index in [4.69, 9.17) is 14.2 Å². The number of hydrogen-bond donors (Lipinski definition) is 1. The average molecular weight is 524 g/mol. The van der Waals surface area contributed by atoms with E-state index in [0.29, 0.717) is 26.0 Å². The summed E-state index contributed by atoms with van der Waals surface area (Å²) in [6.45, 7) is 19.4. The Kier molecular flexibility index (Phi) is 12.9. The van der Waals surface area contributed by atoms with Crippen LogP contribution in [0.3, 0.4) is 0 Å². The second-order valence-corrected chi connectivity index (χ2v) is 23.0. The average Bonchev–Trinajstić information content (AvgIpc) is 3.39. The van der Waals surface area contributed by atoms with Gasteiger partial charge in [0.1, 0.15) is 25.1 Å². The third-order valence-corrected chi connectivity index (χ3v) is 9.32. The fourth-order valence-corrected chi connectivity index (χ4v) is 5.10. The van der Waals surface area contributed by atoms with Crippen LogP contribution in [0.25, 0.3) is 0 Å². The van der Waals surface area contributed by atoms with Crippen LogP contribution < -0.4 is 5.32 Å². The summed E-state index contributed by atoms with van der Waals surface area (Å²) in [5.74, 6) is 2.46. The van der Waals surface area contributed by atoms with E-state index in [1.807, 2.05) is 24.8 Å². The number of aromatic nitrogens is 4. The van der Waals surface area contributed by atoms with Crippen molar-refractivity contribution in [1.82, 2.24) is 24.4 Å². The molecule has 35 heavy (non-hydrogen) atoms. The van der Waals surface area contributed by atoms with Crippen LogP contribution in [-0.4, -0.2) is 75.3 Å². The zero-order chi connectivity index (χ0) is 25.7. The number of ether oxygens (including phenoxy) is 3. The maximum Gasteiger partial charge on any atom is 0.123 e. The number of nitrogens with zero attached hydrogens (tertiary/aromatic N) is 4. The highest BCUT2D eigenvalue weighted by Crippen LogP contribution is 2.15. The highest BCUT2D eigenvalue weighted by Gasteiger charge is 2.18. The standard InChI is InChI=1S/C25H49N5O3Si2/c1-31-13-10-26-20-23(18-24-27-8-11-29(24)21-32-14-16-34(2,3)4)19-25-28-9-12-30(25)22-33-15-17-35(5,6)7/h8-9,11-12,23,26H,10,13-22H2,1-7H3. The molecule has 0 fully saturated rings. The first kappa shape index (κ1) is 29.9. The molecule has 200 valence electrons. The third-order valence-electron chi connectivity index (χ3n) is 5.92. The van der Waals surface area contributed by atoms with E-state index in [2.05, 4.69) is 63.7 Å². The summed E-state index contributed by atoms with van der Waals surface area (Å²) in [5, 5.41) is 3.54. The van der Waals surface area contributed by atoms with Crippen LogP contribution in [0, 0.1) is 5.92 Å². The summed E-state index contributed by atoms with van der Waals surface area (Å²) in [7, 11) is -0.448. The van der Waals surface area contributed by atoms with Crippen molar-refractivity contribution in [2.75, 3.05) is 40.0 Å². The number of nitrogens with one attached hydrogen (secondary N) is 1. The van der Waals surface area contributed by atoms with Crippen molar-refractivity contribution >= 4 is 16.1 Å². The molecule has 0 saturated heterocycles. The maximum absolute atomic E-state index is 5.99. The Morgan fingerprint density at radius 2 is 1.29 bits per heavy atom. The van der Waals surface area contributed by atoms with E-state index in [0.717, 1.165) is 50.8 Å². The van der Waals surface area contributed by atoms with Gasteiger partial charge < -0.3 is 28.7 Å². The van der Waals surface area contributed by atoms with Crippen molar-refractivity contribution in [1.29, 1.82) is 0 Å². The first-order valence-corrected chi connectivity index (χ1v) is 20.3. The van der Waals surface area contributed by atoms with E-state index in [-0.39, 0.29) is 0 Å². The molecule has 0 aliphatic rings. The van der Waals surface area contributed by atoms with Crippen molar-refractivity contribution in [3.8, 4) is 0 Å². The van der Waals surface area contributed by atoms with Crippen LogP contribution in [0.15, 0.2) is 24.8 Å². The van der Waals surface area contributed by atoms with Crippen LogP contribution in [0.1, 0.15) is 11.6 Å². The van der Waals surface area contributed by atoms with Gasteiger partial charge in [-0.05, 0) is 24.6 Å². The maximum atomic E-state index is 5.99. The van der Waals surface area contributed by atoms with Crippen LogP contribution >= 0.6 is 0 Å². The molecule has 10 heteroatoms. The molecule has 8 nitrogen and oxygen atoms in total. The fourth-order valence-electron chi connectivity index (χ4n) is 3.59. The molecule has 2 heterocycles. The smallest absolute Gasteiger partial charge is 0.123 e. The topological polar surface area (TPSA) is 75.4 Å². The molecule has 0 radical (unpaired) electrons. The van der Waals surface area contributed by atoms with E-state index in [1.165, 1.54) is 12.1 Å². The van der Waals surface area contributed by atoms with Crippen molar-refractivity contribution in [2.45, 2.75) is 77.7 Å². The monoisotopic (exact) mass is 523 g/mol. The molecule has 0 unspecified atom stereocenters. The SMILES string of the molecule is COCCNCC(Cc1nccn1COCC[Si](C)(C)C)Cc1nccn1COCC[Si](C)(C)C. The molecular weight excluding hydrogens is 474 g/mol. The molecule has 0 amide bonds. The molecule has 0 spiro atoms. The van der Waals surface area contributed by atoms with Crippen molar-refractivity contribution in [3.05, 3.63) is 36.4 Å². The Labute approximate surface area is 214 Å². The van der Waals surface area contributed by atoms with Gasteiger partial charge in [-0.1, -0.05) is 39.3 Å². The summed E-state index contributed by atoms with van der Waals surface area (Å²) in [6, 6.07) is 2.34. The van der Waals surface area contributed by atoms with Crippen LogP contribution in [-0.2, 0) is 40.5 Å². The Hall–Kier alpha value is -1.31. The third kappa shape index (κ3) is 13.0. The van der Waals surface area contributed by atoms with E-state index >= 15 is 0 Å². The molecule has 2 aromatic rings. The van der Waals surface area contributed by atoms with Gasteiger partial charge in [0.05, 0.1) is 6.61 Å². The zero-order valence-electron chi connectivity index (χ0n) is 23.2. The molecule has 0 atom stereocenters. The Morgan fingerprint density at radius 3 is 1.71 bits per heavy atom. The second kappa shape index (κ2) is 15.1. The Morgan fingerprint density at radius 1 is 0.800 bits per heavy atom. The Balaban J connectivity index is 1.96. The van der Waals surface area contributed by atoms with Gasteiger partial charge in [0, 0.05) is 80.6 Å². The first-order chi connectivity index (χ1) is 16.6. The van der Waals surface area contributed by atoms with Gasteiger partial charge in [0.15, 0.2) is 0 Å². The van der Waals surface area contributed by atoms with Crippen molar-refractivity contribution < 1.29 is 14.2 Å². The van der Waals surface area contributed by atoms with Crippen LogP contribution in [0.4, 0.5) is 0 Å². The molecule has 0 aliphatic carbocycles. The summed E-state index contributed by atoms with van der Waals surface area (Å²) < 4.78 is 21.5. The lowest BCUT2D eigenvalue weighted by molar-refractivity contribution is 0.0836. The molecule has 1 N–H and O–H groups in total. The van der Waals surface area contributed by atoms with Crippen LogP contribution in [0.5, 0.6) is 0 Å². The van der Waals surface area contributed by atoms with E-state index < -0.39 is 16.1 Å². The zero-order valence-corrected chi connectivity index (χ0v) is 25.2.